The Hall–Kier alpha value is -1.63. The quantitative estimate of drug-likeness (QED) is 0.707. The number of aliphatic hydroxyl groups excluding tert-OH is 1. The van der Waals surface area contributed by atoms with Gasteiger partial charge in [-0.3, -0.25) is 4.40 Å². The summed E-state index contributed by atoms with van der Waals surface area (Å²) in [5, 5.41) is 9.71. The summed E-state index contributed by atoms with van der Waals surface area (Å²) in [6, 6.07) is 5.81. The van der Waals surface area contributed by atoms with Gasteiger partial charge in [0.25, 0.3) is 0 Å². The van der Waals surface area contributed by atoms with Crippen LogP contribution in [-0.2, 0) is 16.1 Å². The molecule has 0 atom stereocenters. The van der Waals surface area contributed by atoms with Crippen LogP contribution in [-0.4, -0.2) is 55.0 Å². The molecular formula is C15H23N3O3. The Labute approximate surface area is 124 Å². The fourth-order valence-corrected chi connectivity index (χ4v) is 2.36. The summed E-state index contributed by atoms with van der Waals surface area (Å²) < 4.78 is 12.2. The summed E-state index contributed by atoms with van der Waals surface area (Å²) in [6.45, 7) is 2.82. The van der Waals surface area contributed by atoms with Crippen LogP contribution in [0.2, 0.25) is 0 Å². The third-order valence-corrected chi connectivity index (χ3v) is 3.40. The zero-order valence-electron chi connectivity index (χ0n) is 12.7. The van der Waals surface area contributed by atoms with E-state index in [1.54, 1.807) is 14.2 Å². The number of nitrogens with zero attached hydrogens (tertiary/aromatic N) is 3. The lowest BCUT2D eigenvalue weighted by Crippen LogP contribution is -2.30. The monoisotopic (exact) mass is 293 g/mol. The van der Waals surface area contributed by atoms with E-state index < -0.39 is 0 Å². The van der Waals surface area contributed by atoms with Crippen molar-refractivity contribution >= 4 is 11.5 Å². The van der Waals surface area contributed by atoms with E-state index in [1.165, 1.54) is 0 Å². The molecule has 0 fully saturated rings. The highest BCUT2D eigenvalue weighted by Crippen LogP contribution is 2.22. The molecule has 0 unspecified atom stereocenters. The maximum atomic E-state index is 9.71. The lowest BCUT2D eigenvalue weighted by Gasteiger charge is -2.23. The highest BCUT2D eigenvalue weighted by atomic mass is 16.5. The van der Waals surface area contributed by atoms with E-state index in [-0.39, 0.29) is 6.61 Å². The van der Waals surface area contributed by atoms with Crippen molar-refractivity contribution in [2.45, 2.75) is 13.0 Å². The van der Waals surface area contributed by atoms with Crippen molar-refractivity contribution < 1.29 is 14.6 Å². The van der Waals surface area contributed by atoms with Crippen LogP contribution in [0.1, 0.15) is 12.1 Å². The van der Waals surface area contributed by atoms with Crippen molar-refractivity contribution in [3.63, 3.8) is 0 Å². The van der Waals surface area contributed by atoms with Crippen LogP contribution in [0, 0.1) is 0 Å². The lowest BCUT2D eigenvalue weighted by atomic mass is 10.3. The van der Waals surface area contributed by atoms with Gasteiger partial charge in [-0.25, -0.2) is 4.98 Å². The minimum Gasteiger partial charge on any atom is -0.390 e. The molecule has 0 aliphatic carbocycles. The third-order valence-electron chi connectivity index (χ3n) is 3.40. The Kier molecular flexibility index (Phi) is 5.98. The van der Waals surface area contributed by atoms with Crippen molar-refractivity contribution in [1.82, 2.24) is 9.38 Å². The number of ether oxygens (including phenoxy) is 2. The van der Waals surface area contributed by atoms with E-state index in [4.69, 9.17) is 9.47 Å². The molecule has 21 heavy (non-hydrogen) atoms. The standard InChI is InChI=1S/C15H23N3O3/c1-20-10-5-7-17(9-11-21-2)15-13(12-19)18-8-4-3-6-14(18)16-15/h3-4,6,8,19H,5,7,9-12H2,1-2H3. The minimum atomic E-state index is -0.0473. The van der Waals surface area contributed by atoms with Gasteiger partial charge >= 0.3 is 0 Å². The van der Waals surface area contributed by atoms with Crippen LogP contribution in [0.15, 0.2) is 24.4 Å². The molecule has 0 saturated carbocycles. The van der Waals surface area contributed by atoms with Gasteiger partial charge < -0.3 is 19.5 Å². The molecule has 0 amide bonds. The Balaban J connectivity index is 2.28. The Morgan fingerprint density at radius 1 is 1.19 bits per heavy atom. The van der Waals surface area contributed by atoms with Gasteiger partial charge in [-0.15, -0.1) is 0 Å². The van der Waals surface area contributed by atoms with Gasteiger partial charge in [0, 0.05) is 40.1 Å². The van der Waals surface area contributed by atoms with E-state index in [0.717, 1.165) is 36.7 Å². The third kappa shape index (κ3) is 3.72. The molecule has 6 heteroatoms. The fourth-order valence-electron chi connectivity index (χ4n) is 2.36. The maximum absolute atomic E-state index is 9.71. The summed E-state index contributed by atoms with van der Waals surface area (Å²) >= 11 is 0. The Bertz CT molecular complexity index is 556. The molecule has 0 radical (unpaired) electrons. The molecule has 0 saturated heterocycles. The molecule has 0 spiro atoms. The van der Waals surface area contributed by atoms with Crippen molar-refractivity contribution in [3.05, 3.63) is 30.1 Å². The number of aliphatic hydroxyl groups is 1. The van der Waals surface area contributed by atoms with Crippen LogP contribution in [0.4, 0.5) is 5.82 Å². The van der Waals surface area contributed by atoms with Gasteiger partial charge in [0.15, 0.2) is 5.82 Å². The smallest absolute Gasteiger partial charge is 0.153 e. The van der Waals surface area contributed by atoms with E-state index in [9.17, 15) is 5.11 Å². The number of anilines is 1. The predicted molar refractivity (Wildman–Crippen MR) is 81.7 cm³/mol. The molecular weight excluding hydrogens is 270 g/mol. The molecule has 6 nitrogen and oxygen atoms in total. The van der Waals surface area contributed by atoms with Crippen LogP contribution >= 0.6 is 0 Å². The lowest BCUT2D eigenvalue weighted by molar-refractivity contribution is 0.190. The van der Waals surface area contributed by atoms with Crippen molar-refractivity contribution in [2.75, 3.05) is 45.4 Å². The number of fused-ring (bicyclic) bond motifs is 1. The van der Waals surface area contributed by atoms with Crippen LogP contribution in [0.5, 0.6) is 0 Å². The number of aromatic nitrogens is 2. The predicted octanol–water partition coefficient (Wildman–Crippen LogP) is 1.32. The molecule has 2 aromatic heterocycles. The number of methoxy groups -OCH3 is 2. The number of hydrogen-bond acceptors (Lipinski definition) is 5. The summed E-state index contributed by atoms with van der Waals surface area (Å²) in [6.07, 6.45) is 2.82. The van der Waals surface area contributed by atoms with Gasteiger partial charge in [0.2, 0.25) is 0 Å². The number of imidazole rings is 1. The van der Waals surface area contributed by atoms with E-state index in [2.05, 4.69) is 9.88 Å². The number of pyridine rings is 1. The SMILES string of the molecule is COCCCN(CCOC)c1nc2ccccn2c1CO. The molecule has 0 aliphatic heterocycles. The van der Waals surface area contributed by atoms with Crippen molar-refractivity contribution in [3.8, 4) is 0 Å². The second-order valence-corrected chi connectivity index (χ2v) is 4.80. The molecule has 0 aromatic carbocycles. The molecule has 2 aromatic rings. The van der Waals surface area contributed by atoms with Crippen molar-refractivity contribution in [2.24, 2.45) is 0 Å². The molecule has 2 rings (SSSR count). The maximum Gasteiger partial charge on any atom is 0.153 e. The van der Waals surface area contributed by atoms with E-state index in [1.807, 2.05) is 28.8 Å². The topological polar surface area (TPSA) is 59.2 Å². The van der Waals surface area contributed by atoms with E-state index >= 15 is 0 Å². The molecule has 116 valence electrons. The van der Waals surface area contributed by atoms with Gasteiger partial charge in [-0.05, 0) is 18.6 Å². The Morgan fingerprint density at radius 3 is 2.71 bits per heavy atom. The first-order valence-electron chi connectivity index (χ1n) is 7.11. The highest BCUT2D eigenvalue weighted by Gasteiger charge is 2.17. The molecule has 1 N–H and O–H groups in total. The summed E-state index contributed by atoms with van der Waals surface area (Å²) in [4.78, 5) is 6.79. The van der Waals surface area contributed by atoms with Gasteiger partial charge in [0.1, 0.15) is 5.65 Å². The van der Waals surface area contributed by atoms with Gasteiger partial charge in [-0.1, -0.05) is 6.07 Å². The zero-order valence-corrected chi connectivity index (χ0v) is 12.7. The van der Waals surface area contributed by atoms with Crippen LogP contribution < -0.4 is 4.90 Å². The van der Waals surface area contributed by atoms with Crippen molar-refractivity contribution in [1.29, 1.82) is 0 Å². The first kappa shape index (κ1) is 15.8. The largest absolute Gasteiger partial charge is 0.390 e. The van der Waals surface area contributed by atoms with E-state index in [0.29, 0.717) is 13.2 Å². The normalized spacial score (nSPS) is 11.2. The van der Waals surface area contributed by atoms with Gasteiger partial charge in [0.05, 0.1) is 18.9 Å². The Morgan fingerprint density at radius 2 is 2.00 bits per heavy atom. The molecule has 2 heterocycles. The highest BCUT2D eigenvalue weighted by molar-refractivity contribution is 5.55. The summed E-state index contributed by atoms with van der Waals surface area (Å²) in [5.74, 6) is 0.817. The first-order chi connectivity index (χ1) is 10.3. The number of hydrogen-bond donors (Lipinski definition) is 1. The molecule has 0 bridgehead atoms. The fraction of sp³-hybridized carbons (Fsp3) is 0.533. The van der Waals surface area contributed by atoms with Gasteiger partial charge in [-0.2, -0.15) is 0 Å². The zero-order chi connectivity index (χ0) is 15.1. The van der Waals surface area contributed by atoms with Crippen LogP contribution in [0.3, 0.4) is 0 Å². The second-order valence-electron chi connectivity index (χ2n) is 4.80. The first-order valence-corrected chi connectivity index (χ1v) is 7.11. The summed E-state index contributed by atoms with van der Waals surface area (Å²) in [5.41, 5.74) is 1.64. The van der Waals surface area contributed by atoms with Crippen LogP contribution in [0.25, 0.3) is 5.65 Å². The summed E-state index contributed by atoms with van der Waals surface area (Å²) in [7, 11) is 3.38. The second kappa shape index (κ2) is 7.97. The molecule has 0 aliphatic rings. The average Bonchev–Trinajstić information content (AvgIpc) is 2.89. The number of rotatable bonds is 9. The average molecular weight is 293 g/mol. The minimum absolute atomic E-state index is 0.0473.